The molecule has 2 rings (SSSR count). The Hall–Kier alpha value is -1.75. The van der Waals surface area contributed by atoms with Gasteiger partial charge in [0, 0.05) is 6.04 Å². The van der Waals surface area contributed by atoms with Crippen molar-refractivity contribution >= 4 is 23.5 Å². The van der Waals surface area contributed by atoms with Gasteiger partial charge in [-0.2, -0.15) is 0 Å². The molecule has 1 aromatic carbocycles. The minimum absolute atomic E-state index is 0.0124. The molecule has 0 heterocycles. The molecule has 1 aromatic rings. The van der Waals surface area contributed by atoms with Crippen molar-refractivity contribution in [3.05, 3.63) is 28.8 Å². The van der Waals surface area contributed by atoms with Gasteiger partial charge in [-0.1, -0.05) is 11.6 Å². The number of carboxylic acids is 1. The summed E-state index contributed by atoms with van der Waals surface area (Å²) >= 11 is 5.74. The minimum atomic E-state index is -1.11. The predicted octanol–water partition coefficient (Wildman–Crippen LogP) is 2.09. The van der Waals surface area contributed by atoms with Gasteiger partial charge in [0.15, 0.2) is 0 Å². The number of amides is 1. The summed E-state index contributed by atoms with van der Waals surface area (Å²) in [5.74, 6) is -0.766. The highest BCUT2D eigenvalue weighted by Crippen LogP contribution is 2.22. The SMILES string of the molecule is O=C(CCOc1ccc(Cl)c(C(=O)O)c1)NC1CC1. The summed E-state index contributed by atoms with van der Waals surface area (Å²) in [4.78, 5) is 22.3. The number of hydrogen-bond acceptors (Lipinski definition) is 3. The first kappa shape index (κ1) is 13.7. The molecule has 1 aliphatic rings. The van der Waals surface area contributed by atoms with E-state index in [0.717, 1.165) is 12.8 Å². The molecular formula is C13H14ClNO4. The summed E-state index contributed by atoms with van der Waals surface area (Å²) in [6, 6.07) is 4.73. The number of ether oxygens (including phenoxy) is 1. The monoisotopic (exact) mass is 283 g/mol. The highest BCUT2D eigenvalue weighted by molar-refractivity contribution is 6.33. The Morgan fingerprint density at radius 3 is 2.79 bits per heavy atom. The van der Waals surface area contributed by atoms with Gasteiger partial charge in [0.05, 0.1) is 23.6 Å². The first-order valence-electron chi connectivity index (χ1n) is 6.01. The number of carbonyl (C=O) groups excluding carboxylic acids is 1. The number of carbonyl (C=O) groups is 2. The zero-order valence-electron chi connectivity index (χ0n) is 10.2. The molecule has 2 N–H and O–H groups in total. The van der Waals surface area contributed by atoms with E-state index in [-0.39, 0.29) is 29.5 Å². The predicted molar refractivity (Wildman–Crippen MR) is 69.7 cm³/mol. The minimum Gasteiger partial charge on any atom is -0.493 e. The Kier molecular flexibility index (Phi) is 4.27. The van der Waals surface area contributed by atoms with E-state index in [4.69, 9.17) is 21.4 Å². The lowest BCUT2D eigenvalue weighted by Crippen LogP contribution is -2.26. The number of carboxylic acid groups (broad SMARTS) is 1. The molecule has 1 aliphatic carbocycles. The zero-order chi connectivity index (χ0) is 13.8. The van der Waals surface area contributed by atoms with Crippen molar-refractivity contribution in [2.75, 3.05) is 6.61 Å². The maximum absolute atomic E-state index is 11.4. The van der Waals surface area contributed by atoms with Gasteiger partial charge in [0.25, 0.3) is 0 Å². The Balaban J connectivity index is 1.83. The van der Waals surface area contributed by atoms with Crippen molar-refractivity contribution in [3.8, 4) is 5.75 Å². The van der Waals surface area contributed by atoms with Crippen molar-refractivity contribution < 1.29 is 19.4 Å². The first-order chi connectivity index (χ1) is 9.06. The molecule has 1 fully saturated rings. The quantitative estimate of drug-likeness (QED) is 0.838. The highest BCUT2D eigenvalue weighted by Gasteiger charge is 2.22. The fourth-order valence-electron chi connectivity index (χ4n) is 1.55. The molecule has 0 unspecified atom stereocenters. The number of rotatable bonds is 6. The van der Waals surface area contributed by atoms with Gasteiger partial charge in [-0.05, 0) is 31.0 Å². The second-order valence-electron chi connectivity index (χ2n) is 4.39. The lowest BCUT2D eigenvalue weighted by molar-refractivity contribution is -0.121. The molecule has 0 radical (unpaired) electrons. The third kappa shape index (κ3) is 4.13. The Morgan fingerprint density at radius 2 is 2.16 bits per heavy atom. The maximum atomic E-state index is 11.4. The normalized spacial score (nSPS) is 13.9. The molecule has 0 bridgehead atoms. The lowest BCUT2D eigenvalue weighted by Gasteiger charge is -2.08. The van der Waals surface area contributed by atoms with Gasteiger partial charge in [0.2, 0.25) is 5.91 Å². The van der Waals surface area contributed by atoms with E-state index in [9.17, 15) is 9.59 Å². The van der Waals surface area contributed by atoms with Crippen molar-refractivity contribution in [2.45, 2.75) is 25.3 Å². The zero-order valence-corrected chi connectivity index (χ0v) is 10.9. The van der Waals surface area contributed by atoms with Gasteiger partial charge in [0.1, 0.15) is 5.75 Å². The summed E-state index contributed by atoms with van der Waals surface area (Å²) in [6.07, 6.45) is 2.35. The van der Waals surface area contributed by atoms with E-state index in [1.807, 2.05) is 0 Å². The van der Waals surface area contributed by atoms with Gasteiger partial charge in [-0.15, -0.1) is 0 Å². The number of nitrogens with one attached hydrogen (secondary N) is 1. The number of aromatic carboxylic acids is 1. The topological polar surface area (TPSA) is 75.6 Å². The van der Waals surface area contributed by atoms with Crippen molar-refractivity contribution in [3.63, 3.8) is 0 Å². The summed E-state index contributed by atoms with van der Waals surface area (Å²) in [5.41, 5.74) is -0.0124. The molecule has 1 saturated carbocycles. The van der Waals surface area contributed by atoms with Crippen LogP contribution in [0.1, 0.15) is 29.6 Å². The molecule has 1 amide bonds. The molecular weight excluding hydrogens is 270 g/mol. The van der Waals surface area contributed by atoms with E-state index < -0.39 is 5.97 Å². The van der Waals surface area contributed by atoms with Crippen molar-refractivity contribution in [1.82, 2.24) is 5.32 Å². The third-order valence-corrected chi connectivity index (χ3v) is 3.04. The summed E-state index contributed by atoms with van der Waals surface area (Å²) < 4.78 is 5.34. The third-order valence-electron chi connectivity index (χ3n) is 2.71. The van der Waals surface area contributed by atoms with E-state index in [1.54, 1.807) is 6.07 Å². The molecule has 19 heavy (non-hydrogen) atoms. The average Bonchev–Trinajstić information content (AvgIpc) is 3.14. The fourth-order valence-corrected chi connectivity index (χ4v) is 1.75. The van der Waals surface area contributed by atoms with E-state index >= 15 is 0 Å². The fraction of sp³-hybridized carbons (Fsp3) is 0.385. The van der Waals surface area contributed by atoms with Crippen LogP contribution < -0.4 is 10.1 Å². The first-order valence-corrected chi connectivity index (χ1v) is 6.39. The van der Waals surface area contributed by atoms with Crippen LogP contribution in [0, 0.1) is 0 Å². The molecule has 5 nitrogen and oxygen atoms in total. The summed E-state index contributed by atoms with van der Waals surface area (Å²) in [5, 5.41) is 11.9. The molecule has 0 aliphatic heterocycles. The second kappa shape index (κ2) is 5.93. The van der Waals surface area contributed by atoms with Crippen LogP contribution in [0.25, 0.3) is 0 Å². The average molecular weight is 284 g/mol. The van der Waals surface area contributed by atoms with Gasteiger partial charge >= 0.3 is 5.97 Å². The van der Waals surface area contributed by atoms with Crippen molar-refractivity contribution in [2.24, 2.45) is 0 Å². The Bertz CT molecular complexity index is 499. The van der Waals surface area contributed by atoms with Crippen LogP contribution in [-0.2, 0) is 4.79 Å². The molecule has 0 spiro atoms. The second-order valence-corrected chi connectivity index (χ2v) is 4.79. The molecule has 0 saturated heterocycles. The summed E-state index contributed by atoms with van der Waals surface area (Å²) in [6.45, 7) is 0.208. The van der Waals surface area contributed by atoms with E-state index in [1.165, 1.54) is 12.1 Å². The highest BCUT2D eigenvalue weighted by atomic mass is 35.5. The number of hydrogen-bond donors (Lipinski definition) is 2. The lowest BCUT2D eigenvalue weighted by atomic mass is 10.2. The van der Waals surface area contributed by atoms with Gasteiger partial charge < -0.3 is 15.2 Å². The van der Waals surface area contributed by atoms with Crippen LogP contribution in [0.4, 0.5) is 0 Å². The Morgan fingerprint density at radius 1 is 1.42 bits per heavy atom. The Labute approximate surface area is 115 Å². The van der Waals surface area contributed by atoms with Crippen molar-refractivity contribution in [1.29, 1.82) is 0 Å². The molecule has 0 aromatic heterocycles. The molecule has 0 atom stereocenters. The van der Waals surface area contributed by atoms with E-state index in [0.29, 0.717) is 11.8 Å². The van der Waals surface area contributed by atoms with E-state index in [2.05, 4.69) is 5.32 Å². The van der Waals surface area contributed by atoms with Crippen LogP contribution in [-0.4, -0.2) is 29.6 Å². The number of benzene rings is 1. The van der Waals surface area contributed by atoms with Crippen LogP contribution in [0.15, 0.2) is 18.2 Å². The smallest absolute Gasteiger partial charge is 0.337 e. The molecule has 6 heteroatoms. The van der Waals surface area contributed by atoms with Crippen LogP contribution >= 0.6 is 11.6 Å². The van der Waals surface area contributed by atoms with Crippen LogP contribution in [0.2, 0.25) is 5.02 Å². The standard InChI is InChI=1S/C13H14ClNO4/c14-11-4-3-9(7-10(11)13(17)18)19-6-5-12(16)15-8-1-2-8/h3-4,7-8H,1-2,5-6H2,(H,15,16)(H,17,18). The summed E-state index contributed by atoms with van der Waals surface area (Å²) in [7, 11) is 0. The maximum Gasteiger partial charge on any atom is 0.337 e. The van der Waals surface area contributed by atoms with Crippen LogP contribution in [0.5, 0.6) is 5.75 Å². The molecule has 102 valence electrons. The largest absolute Gasteiger partial charge is 0.493 e. The number of halogens is 1. The van der Waals surface area contributed by atoms with Gasteiger partial charge in [-0.3, -0.25) is 4.79 Å². The van der Waals surface area contributed by atoms with Gasteiger partial charge in [-0.25, -0.2) is 4.79 Å². The van der Waals surface area contributed by atoms with Crippen LogP contribution in [0.3, 0.4) is 0 Å².